The van der Waals surface area contributed by atoms with Crippen LogP contribution in [-0.4, -0.2) is 6.29 Å². The summed E-state index contributed by atoms with van der Waals surface area (Å²) >= 11 is 4.83. The zero-order chi connectivity index (χ0) is 9.42. The van der Waals surface area contributed by atoms with Crippen molar-refractivity contribution >= 4 is 49.3 Å². The van der Waals surface area contributed by atoms with Gasteiger partial charge in [-0.25, -0.2) is 0 Å². The molecule has 0 unspecified atom stereocenters. The maximum absolute atomic E-state index is 10.7. The first kappa shape index (κ1) is 8.72. The van der Waals surface area contributed by atoms with Crippen molar-refractivity contribution in [3.8, 4) is 0 Å². The van der Waals surface area contributed by atoms with Crippen LogP contribution in [0.15, 0.2) is 22.0 Å². The van der Waals surface area contributed by atoms with Gasteiger partial charge in [0.1, 0.15) is 0 Å². The van der Waals surface area contributed by atoms with Gasteiger partial charge in [0.25, 0.3) is 0 Å². The smallest absolute Gasteiger partial charge is 0.151 e. The molecule has 0 bridgehead atoms. The van der Waals surface area contributed by atoms with E-state index in [0.717, 1.165) is 26.5 Å². The van der Waals surface area contributed by atoms with E-state index in [-0.39, 0.29) is 0 Å². The third-order valence-corrected chi connectivity index (χ3v) is 3.35. The van der Waals surface area contributed by atoms with Crippen LogP contribution >= 0.6 is 27.3 Å². The zero-order valence-corrected chi connectivity index (χ0v) is 8.98. The number of carbonyl (C=O) groups excluding carboxylic acids is 1. The molecule has 0 fully saturated rings. The molecule has 1 aromatic carbocycles. The number of hydrogen-bond acceptors (Lipinski definition) is 3. The average molecular weight is 256 g/mol. The molecule has 66 valence electrons. The summed E-state index contributed by atoms with van der Waals surface area (Å²) in [7, 11) is 0. The van der Waals surface area contributed by atoms with E-state index in [1.807, 2.05) is 11.4 Å². The number of aldehydes is 1. The molecule has 2 nitrogen and oxygen atoms in total. The Labute approximate surface area is 87.5 Å². The second-order valence-corrected chi connectivity index (χ2v) is 4.48. The standard InChI is InChI=1S/C9H6BrNOS/c10-6-1-5(3-12)9-7(2-6)8(11)4-13-9/h1-4H,11H2. The second kappa shape index (κ2) is 3.12. The molecule has 0 radical (unpaired) electrons. The Hall–Kier alpha value is -0.870. The lowest BCUT2D eigenvalue weighted by Crippen LogP contribution is -1.83. The topological polar surface area (TPSA) is 43.1 Å². The van der Waals surface area contributed by atoms with Crippen LogP contribution in [0.5, 0.6) is 0 Å². The van der Waals surface area contributed by atoms with Crippen LogP contribution < -0.4 is 5.73 Å². The highest BCUT2D eigenvalue weighted by Crippen LogP contribution is 2.32. The van der Waals surface area contributed by atoms with Crippen LogP contribution in [0.3, 0.4) is 0 Å². The third-order valence-electron chi connectivity index (χ3n) is 1.82. The summed E-state index contributed by atoms with van der Waals surface area (Å²) in [5.74, 6) is 0. The Bertz CT molecular complexity index is 478. The molecule has 2 rings (SSSR count). The molecule has 0 amide bonds. The Balaban J connectivity index is 2.91. The van der Waals surface area contributed by atoms with Gasteiger partial charge in [0.15, 0.2) is 6.29 Å². The lowest BCUT2D eigenvalue weighted by Gasteiger charge is -1.96. The molecule has 0 aliphatic rings. The van der Waals surface area contributed by atoms with Crippen molar-refractivity contribution in [3.05, 3.63) is 27.5 Å². The molecule has 0 atom stereocenters. The highest BCUT2D eigenvalue weighted by Gasteiger charge is 2.06. The molecule has 0 saturated carbocycles. The highest BCUT2D eigenvalue weighted by molar-refractivity contribution is 9.10. The van der Waals surface area contributed by atoms with E-state index in [9.17, 15) is 4.79 Å². The molecule has 1 aromatic heterocycles. The first-order chi connectivity index (χ1) is 6.22. The Morgan fingerprint density at radius 3 is 2.92 bits per heavy atom. The fraction of sp³-hybridized carbons (Fsp3) is 0. The highest BCUT2D eigenvalue weighted by atomic mass is 79.9. The molecular weight excluding hydrogens is 250 g/mol. The summed E-state index contributed by atoms with van der Waals surface area (Å²) in [5, 5.41) is 2.80. The fourth-order valence-electron chi connectivity index (χ4n) is 1.23. The summed E-state index contributed by atoms with van der Waals surface area (Å²) < 4.78 is 1.84. The quantitative estimate of drug-likeness (QED) is 0.797. The van der Waals surface area contributed by atoms with Crippen molar-refractivity contribution in [3.63, 3.8) is 0 Å². The third kappa shape index (κ3) is 1.36. The molecule has 0 aliphatic carbocycles. The van der Waals surface area contributed by atoms with Crippen molar-refractivity contribution in [1.29, 1.82) is 0 Å². The minimum Gasteiger partial charge on any atom is -0.398 e. The first-order valence-corrected chi connectivity index (χ1v) is 5.31. The van der Waals surface area contributed by atoms with Crippen LogP contribution in [0.25, 0.3) is 10.1 Å². The van der Waals surface area contributed by atoms with Gasteiger partial charge in [-0.2, -0.15) is 0 Å². The SMILES string of the molecule is Nc1csc2c(C=O)cc(Br)cc12. The van der Waals surface area contributed by atoms with Gasteiger partial charge < -0.3 is 5.73 Å². The number of rotatable bonds is 1. The van der Waals surface area contributed by atoms with Crippen molar-refractivity contribution in [2.75, 3.05) is 5.73 Å². The number of nitrogen functional groups attached to an aromatic ring is 1. The molecule has 1 heterocycles. The average Bonchev–Trinajstić information content (AvgIpc) is 2.47. The van der Waals surface area contributed by atoms with Gasteiger partial charge in [-0.05, 0) is 12.1 Å². The van der Waals surface area contributed by atoms with Crippen molar-refractivity contribution in [2.24, 2.45) is 0 Å². The summed E-state index contributed by atoms with van der Waals surface area (Å²) in [6.07, 6.45) is 0.850. The molecule has 0 aliphatic heterocycles. The molecular formula is C9H6BrNOS. The first-order valence-electron chi connectivity index (χ1n) is 3.64. The largest absolute Gasteiger partial charge is 0.398 e. The molecule has 13 heavy (non-hydrogen) atoms. The van der Waals surface area contributed by atoms with Gasteiger partial charge in [-0.1, -0.05) is 15.9 Å². The number of hydrogen-bond donors (Lipinski definition) is 1. The van der Waals surface area contributed by atoms with E-state index < -0.39 is 0 Å². The normalized spacial score (nSPS) is 10.5. The van der Waals surface area contributed by atoms with E-state index in [4.69, 9.17) is 5.73 Å². The minimum absolute atomic E-state index is 0.686. The Morgan fingerprint density at radius 1 is 1.46 bits per heavy atom. The zero-order valence-electron chi connectivity index (χ0n) is 6.58. The maximum Gasteiger partial charge on any atom is 0.151 e. The second-order valence-electron chi connectivity index (χ2n) is 2.68. The number of anilines is 1. The van der Waals surface area contributed by atoms with Crippen molar-refractivity contribution < 1.29 is 4.79 Å². The summed E-state index contributed by atoms with van der Waals surface area (Å²) in [5.41, 5.74) is 7.15. The van der Waals surface area contributed by atoms with Crippen LogP contribution in [0.1, 0.15) is 10.4 Å². The van der Waals surface area contributed by atoms with Gasteiger partial charge in [0.05, 0.1) is 5.69 Å². The molecule has 2 N–H and O–H groups in total. The van der Waals surface area contributed by atoms with E-state index in [0.29, 0.717) is 5.56 Å². The van der Waals surface area contributed by atoms with Crippen molar-refractivity contribution in [2.45, 2.75) is 0 Å². The number of thiophene rings is 1. The number of fused-ring (bicyclic) bond motifs is 1. The van der Waals surface area contributed by atoms with Crippen LogP contribution in [-0.2, 0) is 0 Å². The number of nitrogens with two attached hydrogens (primary N) is 1. The number of carbonyl (C=O) groups is 1. The van der Waals surface area contributed by atoms with Gasteiger partial charge >= 0.3 is 0 Å². The summed E-state index contributed by atoms with van der Waals surface area (Å²) in [6.45, 7) is 0. The lowest BCUT2D eigenvalue weighted by atomic mass is 10.2. The number of benzene rings is 1. The Kier molecular flexibility index (Phi) is 2.09. The molecule has 0 saturated heterocycles. The fourth-order valence-corrected chi connectivity index (χ4v) is 2.63. The molecule has 2 aromatic rings. The Morgan fingerprint density at radius 2 is 2.23 bits per heavy atom. The van der Waals surface area contributed by atoms with Crippen LogP contribution in [0, 0.1) is 0 Å². The predicted octanol–water partition coefficient (Wildman–Crippen LogP) is 3.06. The predicted molar refractivity (Wildman–Crippen MR) is 59.3 cm³/mol. The van der Waals surface area contributed by atoms with E-state index in [1.165, 1.54) is 11.3 Å². The summed E-state index contributed by atoms with van der Waals surface area (Å²) in [4.78, 5) is 10.7. The number of halogens is 1. The molecule has 4 heteroatoms. The van der Waals surface area contributed by atoms with Gasteiger partial charge in [0, 0.05) is 25.5 Å². The lowest BCUT2D eigenvalue weighted by molar-refractivity contribution is 0.112. The van der Waals surface area contributed by atoms with Crippen LogP contribution in [0.2, 0.25) is 0 Å². The summed E-state index contributed by atoms with van der Waals surface area (Å²) in [6, 6.07) is 3.72. The van der Waals surface area contributed by atoms with Gasteiger partial charge in [-0.15, -0.1) is 11.3 Å². The van der Waals surface area contributed by atoms with Crippen molar-refractivity contribution in [1.82, 2.24) is 0 Å². The van der Waals surface area contributed by atoms with Gasteiger partial charge in [-0.3, -0.25) is 4.79 Å². The van der Waals surface area contributed by atoms with E-state index in [1.54, 1.807) is 6.07 Å². The maximum atomic E-state index is 10.7. The van der Waals surface area contributed by atoms with E-state index in [2.05, 4.69) is 15.9 Å². The van der Waals surface area contributed by atoms with Gasteiger partial charge in [0.2, 0.25) is 0 Å². The minimum atomic E-state index is 0.686. The van der Waals surface area contributed by atoms with E-state index >= 15 is 0 Å². The van der Waals surface area contributed by atoms with Crippen LogP contribution in [0.4, 0.5) is 5.69 Å². The molecule has 0 spiro atoms. The monoisotopic (exact) mass is 255 g/mol.